The van der Waals surface area contributed by atoms with Crippen molar-refractivity contribution in [3.05, 3.63) is 69.0 Å². The first-order valence-electron chi connectivity index (χ1n) is 7.07. The van der Waals surface area contributed by atoms with Gasteiger partial charge in [0.1, 0.15) is 5.69 Å². The zero-order chi connectivity index (χ0) is 16.9. The summed E-state index contributed by atoms with van der Waals surface area (Å²) >= 11 is 0. The van der Waals surface area contributed by atoms with Crippen LogP contribution in [0.1, 0.15) is 10.5 Å². The number of rotatable bonds is 5. The molecule has 3 aromatic rings. The highest BCUT2D eigenvalue weighted by atomic mass is 16.2. The molecule has 2 aromatic heterocycles. The highest BCUT2D eigenvalue weighted by Gasteiger charge is 2.10. The van der Waals surface area contributed by atoms with Gasteiger partial charge in [-0.1, -0.05) is 18.2 Å². The van der Waals surface area contributed by atoms with Crippen LogP contribution in [0.25, 0.3) is 5.69 Å². The Morgan fingerprint density at radius 1 is 1.08 bits per heavy atom. The number of nitrogens with one attached hydrogen (secondary N) is 2. The molecule has 1 aromatic carbocycles. The molecule has 1 amide bonds. The van der Waals surface area contributed by atoms with Crippen molar-refractivity contribution in [3.63, 3.8) is 0 Å². The van der Waals surface area contributed by atoms with Crippen molar-refractivity contribution in [2.24, 2.45) is 0 Å². The van der Waals surface area contributed by atoms with Gasteiger partial charge in [-0.2, -0.15) is 14.5 Å². The van der Waals surface area contributed by atoms with E-state index < -0.39 is 17.2 Å². The van der Waals surface area contributed by atoms with E-state index in [0.717, 1.165) is 4.68 Å². The average Bonchev–Trinajstić information content (AvgIpc) is 2.97. The molecule has 0 unspecified atom stereocenters. The largest absolute Gasteiger partial charge is 0.368 e. The lowest BCUT2D eigenvalue weighted by molar-refractivity contribution is 0.0945. The second-order valence-corrected chi connectivity index (χ2v) is 4.79. The molecular formula is C14H13N7O3. The second-order valence-electron chi connectivity index (χ2n) is 4.79. The van der Waals surface area contributed by atoms with E-state index in [9.17, 15) is 14.4 Å². The summed E-state index contributed by atoms with van der Waals surface area (Å²) in [6.07, 6.45) is 0. The fourth-order valence-electron chi connectivity index (χ4n) is 1.98. The van der Waals surface area contributed by atoms with E-state index in [0.29, 0.717) is 5.69 Å². The van der Waals surface area contributed by atoms with Crippen molar-refractivity contribution in [1.29, 1.82) is 0 Å². The van der Waals surface area contributed by atoms with Crippen LogP contribution in [0.3, 0.4) is 0 Å². The minimum atomic E-state index is -0.463. The van der Waals surface area contributed by atoms with E-state index in [4.69, 9.17) is 0 Å². The summed E-state index contributed by atoms with van der Waals surface area (Å²) in [5.74, 6) is -0.463. The Bertz CT molecular complexity index is 938. The first-order valence-corrected chi connectivity index (χ1v) is 7.07. The van der Waals surface area contributed by atoms with Gasteiger partial charge in [0, 0.05) is 12.6 Å². The van der Waals surface area contributed by atoms with Crippen LogP contribution in [-0.4, -0.2) is 42.4 Å². The lowest BCUT2D eigenvalue weighted by Crippen LogP contribution is -2.32. The number of H-pyrrole nitrogens is 1. The van der Waals surface area contributed by atoms with Gasteiger partial charge >= 0.3 is 5.69 Å². The number of aromatic amines is 1. The van der Waals surface area contributed by atoms with E-state index in [1.165, 1.54) is 16.8 Å². The molecule has 0 atom stereocenters. The number of hydrogen-bond donors (Lipinski definition) is 2. The van der Waals surface area contributed by atoms with Crippen molar-refractivity contribution in [2.75, 3.05) is 6.54 Å². The maximum atomic E-state index is 12.2. The number of aromatic nitrogens is 6. The molecule has 0 saturated carbocycles. The molecule has 0 aliphatic heterocycles. The third kappa shape index (κ3) is 3.27. The highest BCUT2D eigenvalue weighted by Crippen LogP contribution is 2.00. The molecule has 0 aliphatic rings. The lowest BCUT2D eigenvalue weighted by Gasteiger charge is -2.03. The Kier molecular flexibility index (Phi) is 4.27. The monoisotopic (exact) mass is 327 g/mol. The molecular weight excluding hydrogens is 314 g/mol. The quantitative estimate of drug-likeness (QED) is 0.615. The van der Waals surface area contributed by atoms with Gasteiger partial charge in [-0.15, -0.1) is 0 Å². The van der Waals surface area contributed by atoms with Crippen molar-refractivity contribution >= 4 is 5.91 Å². The Morgan fingerprint density at radius 2 is 1.88 bits per heavy atom. The van der Waals surface area contributed by atoms with Crippen molar-refractivity contribution in [3.8, 4) is 5.69 Å². The summed E-state index contributed by atoms with van der Waals surface area (Å²) in [7, 11) is 0. The average molecular weight is 327 g/mol. The third-order valence-electron chi connectivity index (χ3n) is 3.16. The topological polar surface area (TPSA) is 128 Å². The third-order valence-corrected chi connectivity index (χ3v) is 3.16. The molecule has 122 valence electrons. The standard InChI is InChI=1S/C14H13N7O3/c22-12-7-6-11(16-17-12)13(23)15-8-9-20-14(24)21(19-18-20)10-4-2-1-3-5-10/h1-7H,8-9H2,(H,15,23)(H,17,22). The molecule has 0 spiro atoms. The van der Waals surface area contributed by atoms with E-state index >= 15 is 0 Å². The maximum absolute atomic E-state index is 12.2. The van der Waals surface area contributed by atoms with Crippen molar-refractivity contribution in [1.82, 2.24) is 35.3 Å². The van der Waals surface area contributed by atoms with Gasteiger partial charge in [0.2, 0.25) is 0 Å². The van der Waals surface area contributed by atoms with E-state index in [-0.39, 0.29) is 18.8 Å². The lowest BCUT2D eigenvalue weighted by atomic mass is 10.3. The number of tetrazole rings is 1. The molecule has 0 radical (unpaired) electrons. The van der Waals surface area contributed by atoms with Gasteiger partial charge in [-0.25, -0.2) is 9.89 Å². The molecule has 2 N–H and O–H groups in total. The SMILES string of the molecule is O=C(NCCn1nnn(-c2ccccc2)c1=O)c1ccc(=O)[nH]n1. The number of amides is 1. The fraction of sp³-hybridized carbons (Fsp3) is 0.143. The smallest absolute Gasteiger partial charge is 0.349 e. The van der Waals surface area contributed by atoms with Crippen LogP contribution in [0.2, 0.25) is 0 Å². The van der Waals surface area contributed by atoms with E-state index in [1.807, 2.05) is 6.07 Å². The number of para-hydroxylation sites is 1. The molecule has 10 heteroatoms. The molecule has 24 heavy (non-hydrogen) atoms. The Hall–Kier alpha value is -3.56. The first kappa shape index (κ1) is 15.3. The summed E-state index contributed by atoms with van der Waals surface area (Å²) in [5.41, 5.74) is -0.113. The number of carbonyl (C=O) groups excluding carboxylic acids is 1. The van der Waals surface area contributed by atoms with Crippen LogP contribution >= 0.6 is 0 Å². The second kappa shape index (κ2) is 6.69. The highest BCUT2D eigenvalue weighted by molar-refractivity contribution is 5.91. The Labute approximate surface area is 134 Å². The molecule has 10 nitrogen and oxygen atoms in total. The van der Waals surface area contributed by atoms with Gasteiger partial charge in [-0.05, 0) is 28.6 Å². The fourth-order valence-corrected chi connectivity index (χ4v) is 1.98. The molecule has 3 rings (SSSR count). The van der Waals surface area contributed by atoms with Crippen LogP contribution in [0, 0.1) is 0 Å². The van der Waals surface area contributed by atoms with Crippen molar-refractivity contribution < 1.29 is 4.79 Å². The minimum Gasteiger partial charge on any atom is -0.349 e. The summed E-state index contributed by atoms with van der Waals surface area (Å²) in [5, 5.41) is 16.0. The van der Waals surface area contributed by atoms with Crippen molar-refractivity contribution in [2.45, 2.75) is 6.54 Å². The van der Waals surface area contributed by atoms with Gasteiger partial charge in [0.15, 0.2) is 0 Å². The maximum Gasteiger partial charge on any atom is 0.368 e. The number of hydrogen-bond acceptors (Lipinski definition) is 6. The van der Waals surface area contributed by atoms with Gasteiger partial charge < -0.3 is 5.32 Å². The molecule has 2 heterocycles. The number of benzene rings is 1. The van der Waals surface area contributed by atoms with E-state index in [1.54, 1.807) is 24.3 Å². The van der Waals surface area contributed by atoms with Gasteiger partial charge in [-0.3, -0.25) is 9.59 Å². The van der Waals surface area contributed by atoms with Crippen LogP contribution < -0.4 is 16.6 Å². The summed E-state index contributed by atoms with van der Waals surface area (Å²) in [6, 6.07) is 11.4. The van der Waals surface area contributed by atoms with Crippen LogP contribution in [0.15, 0.2) is 52.1 Å². The summed E-state index contributed by atoms with van der Waals surface area (Å²) in [6.45, 7) is 0.313. The zero-order valence-corrected chi connectivity index (χ0v) is 12.4. The molecule has 0 saturated heterocycles. The number of nitrogens with zero attached hydrogens (tertiary/aromatic N) is 5. The van der Waals surface area contributed by atoms with E-state index in [2.05, 4.69) is 25.9 Å². The Balaban J connectivity index is 1.62. The van der Waals surface area contributed by atoms with Crippen LogP contribution in [-0.2, 0) is 6.54 Å². The zero-order valence-electron chi connectivity index (χ0n) is 12.4. The van der Waals surface area contributed by atoms with Gasteiger partial charge in [0.05, 0.1) is 12.2 Å². The Morgan fingerprint density at radius 3 is 2.58 bits per heavy atom. The normalized spacial score (nSPS) is 10.5. The minimum absolute atomic E-state index is 0.0786. The van der Waals surface area contributed by atoms with Crippen LogP contribution in [0.5, 0.6) is 0 Å². The first-order chi connectivity index (χ1) is 11.6. The molecule has 0 fully saturated rings. The van der Waals surface area contributed by atoms with Gasteiger partial charge in [0.25, 0.3) is 11.5 Å². The summed E-state index contributed by atoms with van der Waals surface area (Å²) in [4.78, 5) is 34.9. The number of carbonyl (C=O) groups is 1. The van der Waals surface area contributed by atoms with Crippen LogP contribution in [0.4, 0.5) is 0 Å². The predicted octanol–water partition coefficient (Wildman–Crippen LogP) is -1.06. The molecule has 0 aliphatic carbocycles. The predicted molar refractivity (Wildman–Crippen MR) is 82.8 cm³/mol. The summed E-state index contributed by atoms with van der Waals surface area (Å²) < 4.78 is 2.32. The molecule has 0 bridgehead atoms.